The minimum atomic E-state index is -0.811. The van der Waals surface area contributed by atoms with Crippen molar-refractivity contribution in [1.82, 2.24) is 0 Å². The van der Waals surface area contributed by atoms with Crippen LogP contribution >= 0.6 is 0 Å². The van der Waals surface area contributed by atoms with E-state index in [1.165, 1.54) is 4.90 Å². The molecule has 3 aromatic carbocycles. The van der Waals surface area contributed by atoms with E-state index >= 15 is 0 Å². The number of Topliss-reactive ketones (excluding diaryl/α,β-unsaturated/α-hetero) is 1. The van der Waals surface area contributed by atoms with Crippen LogP contribution < -0.4 is 14.4 Å². The summed E-state index contributed by atoms with van der Waals surface area (Å²) < 4.78 is 11.2. The quantitative estimate of drug-likeness (QED) is 0.320. The van der Waals surface area contributed by atoms with Gasteiger partial charge in [-0.3, -0.25) is 14.5 Å². The number of benzene rings is 3. The fourth-order valence-electron chi connectivity index (χ4n) is 4.93. The third kappa shape index (κ3) is 3.75. The highest BCUT2D eigenvalue weighted by molar-refractivity contribution is 6.51. The molecular weight excluding hydrogens is 442 g/mol. The summed E-state index contributed by atoms with van der Waals surface area (Å²) in [6.45, 7) is 5.87. The second kappa shape index (κ2) is 8.62. The van der Waals surface area contributed by atoms with E-state index in [0.29, 0.717) is 29.0 Å². The van der Waals surface area contributed by atoms with Gasteiger partial charge in [-0.2, -0.15) is 0 Å². The summed E-state index contributed by atoms with van der Waals surface area (Å²) in [7, 11) is 1.56. The molecular formula is C29H27NO5. The number of amides is 1. The number of nitrogens with zero attached hydrogens (tertiary/aromatic N) is 1. The predicted octanol–water partition coefficient (Wildman–Crippen LogP) is 5.26. The summed E-state index contributed by atoms with van der Waals surface area (Å²) >= 11 is 0. The van der Waals surface area contributed by atoms with Crippen molar-refractivity contribution >= 4 is 23.1 Å². The standard InChI is InChI=1S/C29H27NO5/c1-16-7-5-10-23(18(16)3)30-26(19-8-6-9-22(15-19)34-4)25(28(32)29(30)33)27(31)20-11-12-24-21(14-20)13-17(2)35-24/h5-12,14-15,17,26,31H,13H2,1-4H3/b27-25-. The molecule has 0 radical (unpaired) electrons. The Balaban J connectivity index is 1.73. The molecule has 3 aromatic rings. The molecule has 1 amide bonds. The number of carbonyl (C=O) groups is 2. The van der Waals surface area contributed by atoms with Crippen molar-refractivity contribution in [3.05, 3.63) is 94.1 Å². The molecule has 0 spiro atoms. The molecule has 0 saturated carbocycles. The molecule has 2 atom stereocenters. The zero-order valence-corrected chi connectivity index (χ0v) is 20.2. The van der Waals surface area contributed by atoms with Gasteiger partial charge in [0.2, 0.25) is 0 Å². The molecule has 1 saturated heterocycles. The van der Waals surface area contributed by atoms with Gasteiger partial charge < -0.3 is 14.6 Å². The molecule has 6 heteroatoms. The van der Waals surface area contributed by atoms with Crippen molar-refractivity contribution in [2.24, 2.45) is 0 Å². The van der Waals surface area contributed by atoms with Crippen LogP contribution in [0, 0.1) is 13.8 Å². The van der Waals surface area contributed by atoms with E-state index in [1.54, 1.807) is 31.4 Å². The third-order valence-electron chi connectivity index (χ3n) is 6.86. The van der Waals surface area contributed by atoms with Crippen LogP contribution in [0.4, 0.5) is 5.69 Å². The molecule has 5 rings (SSSR count). The SMILES string of the molecule is COc1cccc(C2/C(=C(/O)c3ccc4c(c3)CC(C)O4)C(=O)C(=O)N2c2cccc(C)c2C)c1. The number of methoxy groups -OCH3 is 1. The van der Waals surface area contributed by atoms with Crippen molar-refractivity contribution in [3.8, 4) is 11.5 Å². The van der Waals surface area contributed by atoms with Crippen LogP contribution in [0.15, 0.2) is 66.2 Å². The average molecular weight is 470 g/mol. The van der Waals surface area contributed by atoms with E-state index in [9.17, 15) is 14.7 Å². The smallest absolute Gasteiger partial charge is 0.300 e. The van der Waals surface area contributed by atoms with Gasteiger partial charge in [0.25, 0.3) is 11.7 Å². The van der Waals surface area contributed by atoms with Gasteiger partial charge in [0, 0.05) is 17.7 Å². The number of ketones is 1. The number of rotatable bonds is 4. The first-order chi connectivity index (χ1) is 16.8. The Labute approximate surface area is 204 Å². The van der Waals surface area contributed by atoms with Crippen LogP contribution in [0.25, 0.3) is 5.76 Å². The van der Waals surface area contributed by atoms with Crippen LogP contribution in [0.5, 0.6) is 11.5 Å². The van der Waals surface area contributed by atoms with Crippen LogP contribution in [-0.2, 0) is 16.0 Å². The van der Waals surface area contributed by atoms with Gasteiger partial charge in [0.05, 0.1) is 18.7 Å². The lowest BCUT2D eigenvalue weighted by molar-refractivity contribution is -0.132. The number of hydrogen-bond donors (Lipinski definition) is 1. The number of fused-ring (bicyclic) bond motifs is 1. The first-order valence-electron chi connectivity index (χ1n) is 11.6. The molecule has 1 N–H and O–H groups in total. The molecule has 35 heavy (non-hydrogen) atoms. The fourth-order valence-corrected chi connectivity index (χ4v) is 4.93. The van der Waals surface area contributed by atoms with Crippen molar-refractivity contribution < 1.29 is 24.2 Å². The highest BCUT2D eigenvalue weighted by Gasteiger charge is 2.47. The second-order valence-electron chi connectivity index (χ2n) is 9.12. The van der Waals surface area contributed by atoms with E-state index in [0.717, 1.165) is 22.4 Å². The Morgan fingerprint density at radius 3 is 2.60 bits per heavy atom. The lowest BCUT2D eigenvalue weighted by atomic mass is 9.94. The molecule has 2 unspecified atom stereocenters. The number of anilines is 1. The molecule has 2 aliphatic rings. The minimum absolute atomic E-state index is 0.0501. The van der Waals surface area contributed by atoms with Gasteiger partial charge in [-0.15, -0.1) is 0 Å². The summed E-state index contributed by atoms with van der Waals surface area (Å²) in [5.74, 6) is -0.231. The lowest BCUT2D eigenvalue weighted by Gasteiger charge is -2.27. The Kier molecular flexibility index (Phi) is 5.59. The number of ether oxygens (including phenoxy) is 2. The van der Waals surface area contributed by atoms with Crippen molar-refractivity contribution in [3.63, 3.8) is 0 Å². The van der Waals surface area contributed by atoms with Crippen LogP contribution in [-0.4, -0.2) is 30.0 Å². The van der Waals surface area contributed by atoms with Gasteiger partial charge in [-0.25, -0.2) is 0 Å². The van der Waals surface area contributed by atoms with Crippen LogP contribution in [0.2, 0.25) is 0 Å². The zero-order chi connectivity index (χ0) is 24.9. The third-order valence-corrected chi connectivity index (χ3v) is 6.86. The first-order valence-corrected chi connectivity index (χ1v) is 11.6. The molecule has 0 bridgehead atoms. The summed E-state index contributed by atoms with van der Waals surface area (Å²) in [4.78, 5) is 28.4. The van der Waals surface area contributed by atoms with Crippen LogP contribution in [0.3, 0.4) is 0 Å². The van der Waals surface area contributed by atoms with Gasteiger partial charge in [0.15, 0.2) is 0 Å². The Bertz CT molecular complexity index is 1390. The Morgan fingerprint density at radius 2 is 1.83 bits per heavy atom. The monoisotopic (exact) mass is 469 g/mol. The highest BCUT2D eigenvalue weighted by atomic mass is 16.5. The summed E-state index contributed by atoms with van der Waals surface area (Å²) in [6, 6.07) is 17.4. The fraction of sp³-hybridized carbons (Fsp3) is 0.241. The number of aliphatic hydroxyl groups is 1. The molecule has 6 nitrogen and oxygen atoms in total. The first kappa shape index (κ1) is 22.7. The molecule has 178 valence electrons. The number of aliphatic hydroxyl groups excluding tert-OH is 1. The molecule has 2 heterocycles. The van der Waals surface area contributed by atoms with Gasteiger partial charge >= 0.3 is 0 Å². The van der Waals surface area contributed by atoms with Gasteiger partial charge in [-0.1, -0.05) is 24.3 Å². The summed E-state index contributed by atoms with van der Waals surface area (Å²) in [5.41, 5.74) is 4.69. The Hall–Kier alpha value is -4.06. The van der Waals surface area contributed by atoms with E-state index < -0.39 is 17.7 Å². The molecule has 2 aliphatic heterocycles. The second-order valence-corrected chi connectivity index (χ2v) is 9.12. The number of aryl methyl sites for hydroxylation is 1. The normalized spacial score (nSPS) is 20.6. The summed E-state index contributed by atoms with van der Waals surface area (Å²) in [5, 5.41) is 11.5. The lowest BCUT2D eigenvalue weighted by Crippen LogP contribution is -2.30. The largest absolute Gasteiger partial charge is 0.507 e. The topological polar surface area (TPSA) is 76.1 Å². The van der Waals surface area contributed by atoms with Crippen molar-refractivity contribution in [2.75, 3.05) is 12.0 Å². The van der Waals surface area contributed by atoms with Crippen LogP contribution in [0.1, 0.15) is 40.8 Å². The van der Waals surface area contributed by atoms with E-state index in [4.69, 9.17) is 9.47 Å². The van der Waals surface area contributed by atoms with E-state index in [2.05, 4.69) is 0 Å². The average Bonchev–Trinajstić information content (AvgIpc) is 3.36. The van der Waals surface area contributed by atoms with Gasteiger partial charge in [0.1, 0.15) is 23.4 Å². The van der Waals surface area contributed by atoms with E-state index in [-0.39, 0.29) is 17.4 Å². The minimum Gasteiger partial charge on any atom is -0.507 e. The maximum Gasteiger partial charge on any atom is 0.300 e. The van der Waals surface area contributed by atoms with Crippen molar-refractivity contribution in [1.29, 1.82) is 0 Å². The maximum absolute atomic E-state index is 13.5. The summed E-state index contributed by atoms with van der Waals surface area (Å²) in [6.07, 6.45) is 0.765. The molecule has 0 aliphatic carbocycles. The zero-order valence-electron chi connectivity index (χ0n) is 20.2. The van der Waals surface area contributed by atoms with Gasteiger partial charge in [-0.05, 0) is 79.4 Å². The van der Waals surface area contributed by atoms with Crippen molar-refractivity contribution in [2.45, 2.75) is 39.3 Å². The molecule has 0 aromatic heterocycles. The Morgan fingerprint density at radius 1 is 1.06 bits per heavy atom. The number of carbonyl (C=O) groups excluding carboxylic acids is 2. The highest BCUT2D eigenvalue weighted by Crippen LogP contribution is 2.44. The predicted molar refractivity (Wildman–Crippen MR) is 134 cm³/mol. The number of hydrogen-bond acceptors (Lipinski definition) is 5. The van der Waals surface area contributed by atoms with E-state index in [1.807, 2.05) is 57.2 Å². The molecule has 1 fully saturated rings. The maximum atomic E-state index is 13.5.